The highest BCUT2D eigenvalue weighted by Crippen LogP contribution is 2.30. The molecule has 5 heteroatoms. The van der Waals surface area contributed by atoms with Crippen LogP contribution in [0.25, 0.3) is 0 Å². The van der Waals surface area contributed by atoms with Crippen molar-refractivity contribution in [3.63, 3.8) is 0 Å². The molecule has 1 saturated carbocycles. The molecule has 0 heterocycles. The van der Waals surface area contributed by atoms with E-state index in [0.717, 1.165) is 37.8 Å². The average Bonchev–Trinajstić information content (AvgIpc) is 2.36. The number of benzene rings is 1. The van der Waals surface area contributed by atoms with Crippen molar-refractivity contribution in [2.24, 2.45) is 11.8 Å². The zero-order chi connectivity index (χ0) is 14.0. The van der Waals surface area contributed by atoms with Crippen molar-refractivity contribution in [2.45, 2.75) is 32.6 Å². The molecule has 104 valence electrons. The molecule has 0 bridgehead atoms. The molecule has 0 radical (unpaired) electrons. The van der Waals surface area contributed by atoms with Crippen molar-refractivity contribution in [2.75, 3.05) is 5.32 Å². The van der Waals surface area contributed by atoms with Crippen molar-refractivity contribution in [3.05, 3.63) is 28.2 Å². The second kappa shape index (κ2) is 5.99. The van der Waals surface area contributed by atoms with Gasteiger partial charge in [-0.05, 0) is 53.6 Å². The Morgan fingerprint density at radius 3 is 2.47 bits per heavy atom. The number of carbonyl (C=O) groups excluding carboxylic acids is 1. The molecular formula is C14H16BrF2NO. The minimum atomic E-state index is -0.634. The van der Waals surface area contributed by atoms with Gasteiger partial charge in [-0.1, -0.05) is 6.92 Å². The van der Waals surface area contributed by atoms with Gasteiger partial charge in [-0.3, -0.25) is 4.79 Å². The molecule has 19 heavy (non-hydrogen) atoms. The molecule has 0 aliphatic heterocycles. The molecule has 1 aromatic rings. The van der Waals surface area contributed by atoms with E-state index in [4.69, 9.17) is 0 Å². The predicted octanol–water partition coefficient (Wildman–Crippen LogP) is 4.49. The van der Waals surface area contributed by atoms with E-state index >= 15 is 0 Å². The first-order chi connectivity index (χ1) is 8.97. The van der Waals surface area contributed by atoms with Crippen molar-refractivity contribution in [1.82, 2.24) is 0 Å². The van der Waals surface area contributed by atoms with Crippen LogP contribution in [0.5, 0.6) is 0 Å². The number of halogens is 3. The van der Waals surface area contributed by atoms with Crippen molar-refractivity contribution in [1.29, 1.82) is 0 Å². The minimum Gasteiger partial charge on any atom is -0.323 e. The van der Waals surface area contributed by atoms with Crippen LogP contribution >= 0.6 is 15.9 Å². The highest BCUT2D eigenvalue weighted by atomic mass is 79.9. The quantitative estimate of drug-likeness (QED) is 0.794. The first-order valence-electron chi connectivity index (χ1n) is 6.42. The Bertz CT molecular complexity index is 485. The molecule has 1 aromatic carbocycles. The third-order valence-corrected chi connectivity index (χ3v) is 4.26. The number of hydrogen-bond acceptors (Lipinski definition) is 1. The van der Waals surface area contributed by atoms with Crippen LogP contribution < -0.4 is 5.32 Å². The Morgan fingerprint density at radius 2 is 1.84 bits per heavy atom. The summed E-state index contributed by atoms with van der Waals surface area (Å²) in [5, 5.41) is 2.49. The molecule has 1 fully saturated rings. The van der Waals surface area contributed by atoms with Crippen LogP contribution in [0.1, 0.15) is 32.6 Å². The van der Waals surface area contributed by atoms with Gasteiger partial charge in [-0.2, -0.15) is 0 Å². The van der Waals surface area contributed by atoms with E-state index < -0.39 is 11.6 Å². The Morgan fingerprint density at radius 1 is 1.21 bits per heavy atom. The normalized spacial score (nSPS) is 23.2. The summed E-state index contributed by atoms with van der Waals surface area (Å²) in [7, 11) is 0. The van der Waals surface area contributed by atoms with Crippen LogP contribution in [0.4, 0.5) is 14.5 Å². The van der Waals surface area contributed by atoms with Gasteiger partial charge >= 0.3 is 0 Å². The van der Waals surface area contributed by atoms with Crippen molar-refractivity contribution >= 4 is 27.5 Å². The smallest absolute Gasteiger partial charge is 0.227 e. The van der Waals surface area contributed by atoms with Gasteiger partial charge < -0.3 is 5.32 Å². The van der Waals surface area contributed by atoms with Crippen LogP contribution in [-0.2, 0) is 4.79 Å². The van der Waals surface area contributed by atoms with Gasteiger partial charge in [-0.25, -0.2) is 8.78 Å². The topological polar surface area (TPSA) is 29.1 Å². The van der Waals surface area contributed by atoms with Crippen LogP contribution in [-0.4, -0.2) is 5.91 Å². The Labute approximate surface area is 119 Å². The lowest BCUT2D eigenvalue weighted by atomic mass is 9.82. The maximum Gasteiger partial charge on any atom is 0.227 e. The van der Waals surface area contributed by atoms with Crippen LogP contribution in [0.2, 0.25) is 0 Å². The summed E-state index contributed by atoms with van der Waals surface area (Å²) >= 11 is 2.90. The molecule has 0 atom stereocenters. The lowest BCUT2D eigenvalue weighted by Crippen LogP contribution is -2.27. The van der Waals surface area contributed by atoms with Gasteiger partial charge in [0.1, 0.15) is 11.6 Å². The molecule has 1 aliphatic carbocycles. The lowest BCUT2D eigenvalue weighted by molar-refractivity contribution is -0.121. The van der Waals surface area contributed by atoms with Gasteiger partial charge in [-0.15, -0.1) is 0 Å². The highest BCUT2D eigenvalue weighted by molar-refractivity contribution is 9.10. The van der Waals surface area contributed by atoms with E-state index in [2.05, 4.69) is 28.2 Å². The van der Waals surface area contributed by atoms with Gasteiger partial charge in [0, 0.05) is 12.0 Å². The Hall–Kier alpha value is -0.970. The standard InChI is InChI=1S/C14H16BrF2NO/c1-8-2-4-9(5-3-8)14(19)18-13-7-11(16)10(15)6-12(13)17/h6-9H,2-5H2,1H3,(H,18,19). The number of anilines is 1. The second-order valence-corrected chi connectivity index (χ2v) is 6.05. The molecule has 0 saturated heterocycles. The first kappa shape index (κ1) is 14.4. The van der Waals surface area contributed by atoms with E-state index in [-0.39, 0.29) is 22.0 Å². The minimum absolute atomic E-state index is 0.0505. The maximum atomic E-state index is 13.6. The number of rotatable bonds is 2. The predicted molar refractivity (Wildman–Crippen MR) is 73.8 cm³/mol. The van der Waals surface area contributed by atoms with E-state index in [1.54, 1.807) is 0 Å². The fourth-order valence-corrected chi connectivity index (χ4v) is 2.69. The van der Waals surface area contributed by atoms with Crippen LogP contribution in [0, 0.1) is 23.5 Å². The lowest BCUT2D eigenvalue weighted by Gasteiger charge is -2.25. The largest absolute Gasteiger partial charge is 0.323 e. The fraction of sp³-hybridized carbons (Fsp3) is 0.500. The van der Waals surface area contributed by atoms with Gasteiger partial charge in [0.15, 0.2) is 0 Å². The van der Waals surface area contributed by atoms with Crippen LogP contribution in [0.3, 0.4) is 0 Å². The molecular weight excluding hydrogens is 316 g/mol. The number of amides is 1. The van der Waals surface area contributed by atoms with E-state index in [1.165, 1.54) is 0 Å². The molecule has 1 N–H and O–H groups in total. The molecule has 0 unspecified atom stereocenters. The van der Waals surface area contributed by atoms with Crippen molar-refractivity contribution in [3.8, 4) is 0 Å². The fourth-order valence-electron chi connectivity index (χ4n) is 2.38. The molecule has 1 aliphatic rings. The third-order valence-electron chi connectivity index (χ3n) is 3.65. The molecule has 1 amide bonds. The third kappa shape index (κ3) is 3.53. The Balaban J connectivity index is 2.05. The van der Waals surface area contributed by atoms with Crippen molar-refractivity contribution < 1.29 is 13.6 Å². The summed E-state index contributed by atoms with van der Waals surface area (Å²) in [5.74, 6) is -0.888. The van der Waals surface area contributed by atoms with Gasteiger partial charge in [0.25, 0.3) is 0 Å². The van der Waals surface area contributed by atoms with E-state index in [1.807, 2.05) is 0 Å². The summed E-state index contributed by atoms with van der Waals surface area (Å²) in [6, 6.07) is 2.02. The SMILES string of the molecule is CC1CCC(C(=O)Nc2cc(F)c(Br)cc2F)CC1. The summed E-state index contributed by atoms with van der Waals surface area (Å²) in [6.45, 7) is 2.16. The average molecular weight is 332 g/mol. The zero-order valence-electron chi connectivity index (χ0n) is 10.7. The zero-order valence-corrected chi connectivity index (χ0v) is 12.3. The maximum absolute atomic E-state index is 13.6. The summed E-state index contributed by atoms with van der Waals surface area (Å²) < 4.78 is 27.0. The molecule has 2 nitrogen and oxygen atoms in total. The highest BCUT2D eigenvalue weighted by Gasteiger charge is 2.25. The molecule has 2 rings (SSSR count). The molecule has 0 spiro atoms. The van der Waals surface area contributed by atoms with E-state index in [0.29, 0.717) is 5.92 Å². The Kier molecular flexibility index (Phi) is 4.55. The monoisotopic (exact) mass is 331 g/mol. The van der Waals surface area contributed by atoms with Gasteiger partial charge in [0.2, 0.25) is 5.91 Å². The van der Waals surface area contributed by atoms with E-state index in [9.17, 15) is 13.6 Å². The first-order valence-corrected chi connectivity index (χ1v) is 7.22. The summed E-state index contributed by atoms with van der Waals surface area (Å²) in [5.41, 5.74) is -0.0932. The van der Waals surface area contributed by atoms with Gasteiger partial charge in [0.05, 0.1) is 10.2 Å². The van der Waals surface area contributed by atoms with Crippen LogP contribution in [0.15, 0.2) is 16.6 Å². The molecule has 0 aromatic heterocycles. The number of hydrogen-bond donors (Lipinski definition) is 1. The second-order valence-electron chi connectivity index (χ2n) is 5.19. The number of carbonyl (C=O) groups is 1. The summed E-state index contributed by atoms with van der Waals surface area (Å²) in [6.07, 6.45) is 3.64. The summed E-state index contributed by atoms with van der Waals surface area (Å²) in [4.78, 5) is 12.0. The number of nitrogens with one attached hydrogen (secondary N) is 1.